The van der Waals surface area contributed by atoms with Gasteiger partial charge in [0, 0.05) is 23.1 Å². The fourth-order valence-electron chi connectivity index (χ4n) is 1.52. The van der Waals surface area contributed by atoms with Crippen molar-refractivity contribution < 1.29 is 9.18 Å². The van der Waals surface area contributed by atoms with E-state index in [4.69, 9.17) is 5.73 Å². The molecule has 0 saturated carbocycles. The molecule has 18 heavy (non-hydrogen) atoms. The number of hydrogen-bond donors (Lipinski definition) is 2. The average Bonchev–Trinajstić information content (AvgIpc) is 2.34. The standard InChI is InChI=1S/C13H12FN3O/c1-8-6-9(4-5-16-8)13(18)17-12-7-10(15)2-3-11(12)14/h2-7H,15H2,1H3,(H,17,18). The molecule has 92 valence electrons. The summed E-state index contributed by atoms with van der Waals surface area (Å²) < 4.78 is 13.4. The van der Waals surface area contributed by atoms with Crippen LogP contribution in [0.5, 0.6) is 0 Å². The van der Waals surface area contributed by atoms with Crippen LogP contribution in [0.25, 0.3) is 0 Å². The van der Waals surface area contributed by atoms with Crippen LogP contribution in [-0.4, -0.2) is 10.9 Å². The van der Waals surface area contributed by atoms with Gasteiger partial charge in [0.15, 0.2) is 0 Å². The van der Waals surface area contributed by atoms with E-state index in [1.165, 1.54) is 24.4 Å². The number of pyridine rings is 1. The number of benzene rings is 1. The summed E-state index contributed by atoms with van der Waals surface area (Å²) in [6.07, 6.45) is 1.53. The Morgan fingerprint density at radius 3 is 2.83 bits per heavy atom. The molecule has 0 spiro atoms. The molecule has 2 rings (SSSR count). The van der Waals surface area contributed by atoms with Crippen molar-refractivity contribution in [2.45, 2.75) is 6.92 Å². The third-order valence-electron chi connectivity index (χ3n) is 2.40. The summed E-state index contributed by atoms with van der Waals surface area (Å²) in [6.45, 7) is 1.78. The second kappa shape index (κ2) is 4.83. The van der Waals surface area contributed by atoms with Gasteiger partial charge in [0.25, 0.3) is 5.91 Å². The van der Waals surface area contributed by atoms with Crippen molar-refractivity contribution >= 4 is 17.3 Å². The number of nitrogens with two attached hydrogens (primary N) is 1. The van der Waals surface area contributed by atoms with Gasteiger partial charge in [-0.15, -0.1) is 0 Å². The number of rotatable bonds is 2. The van der Waals surface area contributed by atoms with E-state index in [-0.39, 0.29) is 5.69 Å². The van der Waals surface area contributed by atoms with Crippen molar-refractivity contribution in [3.8, 4) is 0 Å². The highest BCUT2D eigenvalue weighted by Crippen LogP contribution is 2.18. The van der Waals surface area contributed by atoms with E-state index in [2.05, 4.69) is 10.3 Å². The number of nitrogens with zero attached hydrogens (tertiary/aromatic N) is 1. The third kappa shape index (κ3) is 2.63. The molecule has 5 heteroatoms. The minimum absolute atomic E-state index is 0.0643. The highest BCUT2D eigenvalue weighted by molar-refractivity contribution is 6.04. The summed E-state index contributed by atoms with van der Waals surface area (Å²) in [6, 6.07) is 7.21. The first-order chi connectivity index (χ1) is 8.56. The van der Waals surface area contributed by atoms with Crippen molar-refractivity contribution in [1.82, 2.24) is 4.98 Å². The van der Waals surface area contributed by atoms with Crippen molar-refractivity contribution in [3.05, 3.63) is 53.6 Å². The lowest BCUT2D eigenvalue weighted by molar-refractivity contribution is 0.102. The molecule has 1 heterocycles. The number of amides is 1. The van der Waals surface area contributed by atoms with E-state index in [0.29, 0.717) is 11.3 Å². The quantitative estimate of drug-likeness (QED) is 0.798. The highest BCUT2D eigenvalue weighted by Gasteiger charge is 2.09. The molecule has 0 bridgehead atoms. The number of halogens is 1. The van der Waals surface area contributed by atoms with Crippen LogP contribution in [0.4, 0.5) is 15.8 Å². The molecule has 3 N–H and O–H groups in total. The zero-order valence-electron chi connectivity index (χ0n) is 9.77. The van der Waals surface area contributed by atoms with Crippen molar-refractivity contribution in [2.75, 3.05) is 11.1 Å². The Balaban J connectivity index is 2.24. The SMILES string of the molecule is Cc1cc(C(=O)Nc2cc(N)ccc2F)ccn1. The van der Waals surface area contributed by atoms with E-state index < -0.39 is 11.7 Å². The van der Waals surface area contributed by atoms with Crippen LogP contribution in [0.2, 0.25) is 0 Å². The molecule has 0 unspecified atom stereocenters. The van der Waals surface area contributed by atoms with E-state index in [0.717, 1.165) is 5.69 Å². The number of aryl methyl sites for hydroxylation is 1. The topological polar surface area (TPSA) is 68.0 Å². The summed E-state index contributed by atoms with van der Waals surface area (Å²) in [5, 5.41) is 2.47. The Hall–Kier alpha value is -2.43. The molecule has 1 aromatic heterocycles. The summed E-state index contributed by atoms with van der Waals surface area (Å²) in [4.78, 5) is 15.9. The molecule has 0 fully saturated rings. The van der Waals surface area contributed by atoms with Crippen LogP contribution < -0.4 is 11.1 Å². The van der Waals surface area contributed by atoms with Crippen molar-refractivity contribution in [2.24, 2.45) is 0 Å². The van der Waals surface area contributed by atoms with E-state index in [1.54, 1.807) is 19.1 Å². The van der Waals surface area contributed by atoms with Gasteiger partial charge in [-0.2, -0.15) is 0 Å². The van der Waals surface area contributed by atoms with Gasteiger partial charge in [0.05, 0.1) is 5.69 Å². The molecule has 0 radical (unpaired) electrons. The lowest BCUT2D eigenvalue weighted by Gasteiger charge is -2.07. The Bertz CT molecular complexity index is 599. The fraction of sp³-hybridized carbons (Fsp3) is 0.0769. The Kier molecular flexibility index (Phi) is 3.23. The van der Waals surface area contributed by atoms with Gasteiger partial charge in [-0.25, -0.2) is 4.39 Å². The summed E-state index contributed by atoms with van der Waals surface area (Å²) >= 11 is 0. The maximum atomic E-state index is 13.4. The maximum absolute atomic E-state index is 13.4. The van der Waals surface area contributed by atoms with Gasteiger partial charge in [-0.05, 0) is 37.3 Å². The predicted octanol–water partition coefficient (Wildman–Crippen LogP) is 2.36. The van der Waals surface area contributed by atoms with Crippen molar-refractivity contribution in [3.63, 3.8) is 0 Å². The lowest BCUT2D eigenvalue weighted by Crippen LogP contribution is -2.13. The number of hydrogen-bond acceptors (Lipinski definition) is 3. The number of carbonyl (C=O) groups is 1. The van der Waals surface area contributed by atoms with Gasteiger partial charge in [0.2, 0.25) is 0 Å². The van der Waals surface area contributed by atoms with Crippen molar-refractivity contribution in [1.29, 1.82) is 0 Å². The van der Waals surface area contributed by atoms with Crippen LogP contribution in [0.15, 0.2) is 36.5 Å². The second-order valence-corrected chi connectivity index (χ2v) is 3.88. The first-order valence-corrected chi connectivity index (χ1v) is 5.35. The molecule has 1 amide bonds. The lowest BCUT2D eigenvalue weighted by atomic mass is 10.2. The normalized spacial score (nSPS) is 10.1. The summed E-state index contributed by atoms with van der Waals surface area (Å²) in [5.74, 6) is -0.923. The smallest absolute Gasteiger partial charge is 0.255 e. The van der Waals surface area contributed by atoms with E-state index in [1.807, 2.05) is 0 Å². The number of nitrogen functional groups attached to an aromatic ring is 1. The number of carbonyl (C=O) groups excluding carboxylic acids is 1. The average molecular weight is 245 g/mol. The van der Waals surface area contributed by atoms with E-state index in [9.17, 15) is 9.18 Å². The molecule has 0 aliphatic carbocycles. The van der Waals surface area contributed by atoms with Crippen LogP contribution >= 0.6 is 0 Å². The Labute approximate surface area is 104 Å². The molecule has 2 aromatic rings. The second-order valence-electron chi connectivity index (χ2n) is 3.88. The largest absolute Gasteiger partial charge is 0.399 e. The highest BCUT2D eigenvalue weighted by atomic mass is 19.1. The molecule has 0 aliphatic rings. The van der Waals surface area contributed by atoms with Crippen LogP contribution in [0.3, 0.4) is 0 Å². The molecule has 0 saturated heterocycles. The summed E-state index contributed by atoms with van der Waals surface area (Å²) in [7, 11) is 0. The van der Waals surface area contributed by atoms with Gasteiger partial charge >= 0.3 is 0 Å². The first-order valence-electron chi connectivity index (χ1n) is 5.35. The summed E-state index contributed by atoms with van der Waals surface area (Å²) in [5.41, 5.74) is 7.13. The fourth-order valence-corrected chi connectivity index (χ4v) is 1.52. The van der Waals surface area contributed by atoms with Gasteiger partial charge in [-0.1, -0.05) is 0 Å². The molecule has 0 aliphatic heterocycles. The Morgan fingerprint density at radius 2 is 2.11 bits per heavy atom. The molecular formula is C13H12FN3O. The predicted molar refractivity (Wildman–Crippen MR) is 67.7 cm³/mol. The Morgan fingerprint density at radius 1 is 1.33 bits per heavy atom. The zero-order valence-corrected chi connectivity index (χ0v) is 9.77. The van der Waals surface area contributed by atoms with Gasteiger partial charge in [0.1, 0.15) is 5.82 Å². The number of aromatic nitrogens is 1. The molecule has 1 aromatic carbocycles. The number of nitrogens with one attached hydrogen (secondary N) is 1. The van der Waals surface area contributed by atoms with E-state index >= 15 is 0 Å². The van der Waals surface area contributed by atoms with Crippen LogP contribution in [0.1, 0.15) is 16.1 Å². The minimum Gasteiger partial charge on any atom is -0.399 e. The molecule has 0 atom stereocenters. The first kappa shape index (κ1) is 12.0. The minimum atomic E-state index is -0.525. The monoisotopic (exact) mass is 245 g/mol. The zero-order chi connectivity index (χ0) is 13.1. The van der Waals surface area contributed by atoms with Crippen LogP contribution in [0, 0.1) is 12.7 Å². The third-order valence-corrected chi connectivity index (χ3v) is 2.40. The van der Waals surface area contributed by atoms with Gasteiger partial charge in [-0.3, -0.25) is 9.78 Å². The maximum Gasteiger partial charge on any atom is 0.255 e. The molecule has 4 nitrogen and oxygen atoms in total. The number of anilines is 2. The van der Waals surface area contributed by atoms with Gasteiger partial charge < -0.3 is 11.1 Å². The van der Waals surface area contributed by atoms with Crippen LogP contribution in [-0.2, 0) is 0 Å². The molecular weight excluding hydrogens is 233 g/mol.